The Balaban J connectivity index is 1.84. The first kappa shape index (κ1) is 18.1. The third kappa shape index (κ3) is 3.34. The summed E-state index contributed by atoms with van der Waals surface area (Å²) in [6, 6.07) is 5.77. The van der Waals surface area contributed by atoms with Gasteiger partial charge in [0.25, 0.3) is 5.91 Å². The van der Waals surface area contributed by atoms with Crippen LogP contribution >= 0.6 is 0 Å². The van der Waals surface area contributed by atoms with Gasteiger partial charge in [0.15, 0.2) is 0 Å². The van der Waals surface area contributed by atoms with Gasteiger partial charge in [0.05, 0.1) is 23.1 Å². The number of aromatic nitrogens is 2. The third-order valence-corrected chi connectivity index (χ3v) is 5.22. The molecule has 1 aliphatic rings. The Morgan fingerprint density at radius 3 is 2.46 bits per heavy atom. The van der Waals surface area contributed by atoms with Crippen LogP contribution in [0.25, 0.3) is 5.69 Å². The molecule has 1 saturated carbocycles. The van der Waals surface area contributed by atoms with E-state index < -0.39 is 17.4 Å². The standard InChI is InChI=1S/C19H22FN3O3/c1-12-7-9-19(10-8-12,18(25)26)22-17(24)16-11-21-23(13(16)2)15-5-3-14(20)4-6-15/h3-6,11-12H,7-10H2,1-2H3,(H,22,24)(H,25,26). The lowest BCUT2D eigenvalue weighted by Gasteiger charge is -2.36. The van der Waals surface area contributed by atoms with E-state index in [4.69, 9.17) is 0 Å². The van der Waals surface area contributed by atoms with Gasteiger partial charge in [-0.05, 0) is 62.8 Å². The van der Waals surface area contributed by atoms with Crippen molar-refractivity contribution in [3.63, 3.8) is 0 Å². The van der Waals surface area contributed by atoms with Crippen molar-refractivity contribution in [1.82, 2.24) is 15.1 Å². The van der Waals surface area contributed by atoms with Crippen molar-refractivity contribution in [3.8, 4) is 5.69 Å². The number of carboxylic acids is 1. The summed E-state index contributed by atoms with van der Waals surface area (Å²) in [7, 11) is 0. The molecule has 1 aliphatic carbocycles. The predicted molar refractivity (Wildman–Crippen MR) is 93.7 cm³/mol. The summed E-state index contributed by atoms with van der Waals surface area (Å²) in [5, 5.41) is 16.6. The third-order valence-electron chi connectivity index (χ3n) is 5.22. The van der Waals surface area contributed by atoms with Gasteiger partial charge in [-0.3, -0.25) is 4.79 Å². The summed E-state index contributed by atoms with van der Waals surface area (Å²) in [5.74, 6) is -1.34. The molecule has 3 rings (SSSR count). The molecule has 1 fully saturated rings. The normalized spacial score (nSPS) is 22.8. The van der Waals surface area contributed by atoms with Gasteiger partial charge in [-0.25, -0.2) is 13.9 Å². The molecule has 0 radical (unpaired) electrons. The number of nitrogens with one attached hydrogen (secondary N) is 1. The minimum Gasteiger partial charge on any atom is -0.480 e. The Morgan fingerprint density at radius 1 is 1.27 bits per heavy atom. The number of rotatable bonds is 4. The fourth-order valence-electron chi connectivity index (χ4n) is 3.41. The molecule has 1 amide bonds. The van der Waals surface area contributed by atoms with Crippen LogP contribution in [0.5, 0.6) is 0 Å². The molecule has 0 spiro atoms. The van der Waals surface area contributed by atoms with Crippen molar-refractivity contribution in [2.75, 3.05) is 0 Å². The summed E-state index contributed by atoms with van der Waals surface area (Å²) in [4.78, 5) is 24.6. The van der Waals surface area contributed by atoms with E-state index >= 15 is 0 Å². The second-order valence-electron chi connectivity index (χ2n) is 7.06. The first-order valence-electron chi connectivity index (χ1n) is 8.69. The number of carbonyl (C=O) groups is 2. The maximum absolute atomic E-state index is 13.1. The number of aliphatic carboxylic acids is 1. The lowest BCUT2D eigenvalue weighted by molar-refractivity contribution is -0.146. The van der Waals surface area contributed by atoms with Crippen molar-refractivity contribution >= 4 is 11.9 Å². The van der Waals surface area contributed by atoms with Gasteiger partial charge in [-0.2, -0.15) is 5.10 Å². The molecule has 0 saturated heterocycles. The highest BCUT2D eigenvalue weighted by molar-refractivity contribution is 5.98. The molecule has 1 aromatic heterocycles. The zero-order valence-corrected chi connectivity index (χ0v) is 14.8. The topological polar surface area (TPSA) is 84.2 Å². The lowest BCUT2D eigenvalue weighted by Crippen LogP contribution is -2.56. The monoisotopic (exact) mass is 359 g/mol. The average molecular weight is 359 g/mol. The summed E-state index contributed by atoms with van der Waals surface area (Å²) >= 11 is 0. The number of benzene rings is 1. The van der Waals surface area contributed by atoms with E-state index in [1.807, 2.05) is 0 Å². The number of hydrogen-bond donors (Lipinski definition) is 2. The predicted octanol–water partition coefficient (Wildman–Crippen LogP) is 3.08. The number of halogens is 1. The van der Waals surface area contributed by atoms with E-state index in [-0.39, 0.29) is 5.82 Å². The summed E-state index contributed by atoms with van der Waals surface area (Å²) in [5.41, 5.74) is 0.281. The van der Waals surface area contributed by atoms with Crippen LogP contribution in [0.2, 0.25) is 0 Å². The van der Waals surface area contributed by atoms with Crippen LogP contribution in [-0.4, -0.2) is 32.3 Å². The molecule has 138 valence electrons. The summed E-state index contributed by atoms with van der Waals surface area (Å²) < 4.78 is 14.6. The van der Waals surface area contributed by atoms with Crippen molar-refractivity contribution in [2.45, 2.75) is 45.1 Å². The van der Waals surface area contributed by atoms with Crippen LogP contribution in [0.15, 0.2) is 30.5 Å². The molecular weight excluding hydrogens is 337 g/mol. The maximum atomic E-state index is 13.1. The van der Waals surface area contributed by atoms with E-state index in [0.29, 0.717) is 35.7 Å². The Morgan fingerprint density at radius 2 is 1.88 bits per heavy atom. The molecule has 0 bridgehead atoms. The molecule has 0 aliphatic heterocycles. The molecule has 1 heterocycles. The first-order valence-corrected chi connectivity index (χ1v) is 8.69. The minimum absolute atomic E-state index is 0.313. The van der Waals surface area contributed by atoms with E-state index in [0.717, 1.165) is 12.8 Å². The van der Waals surface area contributed by atoms with E-state index in [1.54, 1.807) is 19.1 Å². The molecule has 6 nitrogen and oxygen atoms in total. The van der Waals surface area contributed by atoms with Gasteiger partial charge in [-0.1, -0.05) is 6.92 Å². The van der Waals surface area contributed by atoms with Crippen molar-refractivity contribution in [2.24, 2.45) is 5.92 Å². The quantitative estimate of drug-likeness (QED) is 0.879. The Bertz CT molecular complexity index is 821. The molecule has 26 heavy (non-hydrogen) atoms. The highest BCUT2D eigenvalue weighted by Crippen LogP contribution is 2.32. The number of amides is 1. The number of nitrogens with zero attached hydrogens (tertiary/aromatic N) is 2. The van der Waals surface area contributed by atoms with Gasteiger partial charge in [0.1, 0.15) is 11.4 Å². The smallest absolute Gasteiger partial charge is 0.329 e. The van der Waals surface area contributed by atoms with Crippen LogP contribution < -0.4 is 5.32 Å². The Labute approximate surface area is 151 Å². The van der Waals surface area contributed by atoms with Crippen molar-refractivity contribution < 1.29 is 19.1 Å². The maximum Gasteiger partial charge on any atom is 0.329 e. The highest BCUT2D eigenvalue weighted by Gasteiger charge is 2.43. The number of carbonyl (C=O) groups excluding carboxylic acids is 1. The molecule has 0 unspecified atom stereocenters. The van der Waals surface area contributed by atoms with Crippen LogP contribution in [-0.2, 0) is 4.79 Å². The fraction of sp³-hybridized carbons (Fsp3) is 0.421. The van der Waals surface area contributed by atoms with E-state index in [2.05, 4.69) is 17.3 Å². The molecule has 1 aromatic carbocycles. The molecule has 7 heteroatoms. The van der Waals surface area contributed by atoms with E-state index in [1.165, 1.54) is 23.0 Å². The number of carboxylic acid groups (broad SMARTS) is 1. The molecular formula is C19H22FN3O3. The van der Waals surface area contributed by atoms with Crippen LogP contribution in [0.4, 0.5) is 4.39 Å². The SMILES string of the molecule is Cc1c(C(=O)NC2(C(=O)O)CCC(C)CC2)cnn1-c1ccc(F)cc1. The average Bonchev–Trinajstić information content (AvgIpc) is 2.99. The van der Waals surface area contributed by atoms with Crippen molar-refractivity contribution in [3.05, 3.63) is 47.5 Å². The second kappa shape index (κ2) is 6.90. The van der Waals surface area contributed by atoms with Gasteiger partial charge < -0.3 is 10.4 Å². The second-order valence-corrected chi connectivity index (χ2v) is 7.06. The van der Waals surface area contributed by atoms with Gasteiger partial charge in [-0.15, -0.1) is 0 Å². The van der Waals surface area contributed by atoms with Crippen LogP contribution in [0.3, 0.4) is 0 Å². The summed E-state index contributed by atoms with van der Waals surface area (Å²) in [6.45, 7) is 3.81. The van der Waals surface area contributed by atoms with Gasteiger partial charge >= 0.3 is 5.97 Å². The zero-order chi connectivity index (χ0) is 18.9. The van der Waals surface area contributed by atoms with Gasteiger partial charge in [0, 0.05) is 0 Å². The van der Waals surface area contributed by atoms with Gasteiger partial charge in [0.2, 0.25) is 0 Å². The highest BCUT2D eigenvalue weighted by atomic mass is 19.1. The van der Waals surface area contributed by atoms with Crippen LogP contribution in [0, 0.1) is 18.7 Å². The fourth-order valence-corrected chi connectivity index (χ4v) is 3.41. The molecule has 0 atom stereocenters. The lowest BCUT2D eigenvalue weighted by atomic mass is 9.77. The largest absolute Gasteiger partial charge is 0.480 e. The molecule has 2 aromatic rings. The van der Waals surface area contributed by atoms with E-state index in [9.17, 15) is 19.1 Å². The Kier molecular flexibility index (Phi) is 4.80. The van der Waals surface area contributed by atoms with Crippen LogP contribution in [0.1, 0.15) is 48.7 Å². The summed E-state index contributed by atoms with van der Waals surface area (Å²) in [6.07, 6.45) is 3.77. The molecule has 2 N–H and O–H groups in total. The Hall–Kier alpha value is -2.70. The minimum atomic E-state index is -1.23. The zero-order valence-electron chi connectivity index (χ0n) is 14.8. The van der Waals surface area contributed by atoms with Crippen molar-refractivity contribution in [1.29, 1.82) is 0 Å². The number of hydrogen-bond acceptors (Lipinski definition) is 3. The first-order chi connectivity index (χ1) is 12.3.